The number of aliphatic hydroxyl groups excluding tert-OH is 2. The third-order valence-corrected chi connectivity index (χ3v) is 1.02. The lowest BCUT2D eigenvalue weighted by Crippen LogP contribution is -2.13. The highest BCUT2D eigenvalue weighted by Gasteiger charge is 1.98. The molecule has 0 bridgehead atoms. The molecule has 0 aliphatic heterocycles. The van der Waals surface area contributed by atoms with Crippen molar-refractivity contribution in [3.05, 3.63) is 0 Å². The van der Waals surface area contributed by atoms with Crippen molar-refractivity contribution in [2.24, 2.45) is 0 Å². The van der Waals surface area contributed by atoms with Gasteiger partial charge in [-0.25, -0.2) is 9.59 Å². The largest absolute Gasteiger partial charge is 0.480 e. The zero-order valence-corrected chi connectivity index (χ0v) is 8.26. The molecule has 0 spiro atoms. The molecule has 0 heterocycles. The number of ether oxygens (including phenoxy) is 1. The molecular weight excluding hydrogens is 208 g/mol. The molecule has 0 fully saturated rings. The number of carbonyl (C=O) groups is 2. The third-order valence-electron chi connectivity index (χ3n) is 1.02. The van der Waals surface area contributed by atoms with E-state index < -0.39 is 25.2 Å². The van der Waals surface area contributed by atoms with E-state index >= 15 is 0 Å². The average Bonchev–Trinajstić information content (AvgIpc) is 2.14. The monoisotopic (exact) mass is 224 g/mol. The molecule has 7 nitrogen and oxygen atoms in total. The number of rotatable bonds is 7. The van der Waals surface area contributed by atoms with E-state index in [0.29, 0.717) is 0 Å². The minimum Gasteiger partial charge on any atom is -0.480 e. The van der Waals surface area contributed by atoms with Crippen LogP contribution in [0.15, 0.2) is 0 Å². The molecule has 0 amide bonds. The van der Waals surface area contributed by atoms with Crippen LogP contribution in [0.1, 0.15) is 12.8 Å². The molecule has 0 aliphatic carbocycles. The fraction of sp³-hybridized carbons (Fsp3) is 0.750. The first-order valence-corrected chi connectivity index (χ1v) is 4.27. The van der Waals surface area contributed by atoms with E-state index in [9.17, 15) is 9.59 Å². The maximum Gasteiger partial charge on any atom is 0.329 e. The van der Waals surface area contributed by atoms with Crippen LogP contribution in [0, 0.1) is 0 Å². The summed E-state index contributed by atoms with van der Waals surface area (Å²) in [6.07, 6.45) is 1.44. The van der Waals surface area contributed by atoms with E-state index in [2.05, 4.69) is 4.74 Å². The Morgan fingerprint density at radius 3 is 1.40 bits per heavy atom. The second-order valence-electron chi connectivity index (χ2n) is 2.43. The standard InChI is InChI=1S/C4H6O5.C4H10O2/c5-3(6)1-9-2-4(7)8;5-3-1-2-4-6/h1-2H2,(H,5,6)(H,7,8);5-6H,1-4H2. The molecule has 0 saturated heterocycles. The first-order chi connectivity index (χ1) is 7.04. The lowest BCUT2D eigenvalue weighted by Gasteiger charge is -1.92. The first-order valence-electron chi connectivity index (χ1n) is 4.27. The zero-order valence-electron chi connectivity index (χ0n) is 8.26. The number of aliphatic hydroxyl groups is 2. The Hall–Kier alpha value is -1.18. The average molecular weight is 224 g/mol. The topological polar surface area (TPSA) is 124 Å². The molecule has 0 aromatic rings. The van der Waals surface area contributed by atoms with Crippen LogP contribution in [0.25, 0.3) is 0 Å². The first kappa shape index (κ1) is 16.3. The number of aliphatic carboxylic acids is 2. The van der Waals surface area contributed by atoms with Gasteiger partial charge in [-0.3, -0.25) is 0 Å². The van der Waals surface area contributed by atoms with Crippen molar-refractivity contribution in [2.75, 3.05) is 26.4 Å². The maximum absolute atomic E-state index is 9.66. The molecule has 0 aliphatic rings. The summed E-state index contributed by atoms with van der Waals surface area (Å²) in [7, 11) is 0. The van der Waals surface area contributed by atoms with Gasteiger partial charge in [0.15, 0.2) is 0 Å². The van der Waals surface area contributed by atoms with Crippen molar-refractivity contribution in [3.8, 4) is 0 Å². The smallest absolute Gasteiger partial charge is 0.329 e. The van der Waals surface area contributed by atoms with Crippen LogP contribution in [-0.4, -0.2) is 58.8 Å². The molecular formula is C8H16O7. The summed E-state index contributed by atoms with van der Waals surface area (Å²) in [4.78, 5) is 19.3. The molecule has 0 atom stereocenters. The van der Waals surface area contributed by atoms with Crippen molar-refractivity contribution >= 4 is 11.9 Å². The lowest BCUT2D eigenvalue weighted by molar-refractivity contribution is -0.148. The van der Waals surface area contributed by atoms with Gasteiger partial charge >= 0.3 is 11.9 Å². The second-order valence-corrected chi connectivity index (χ2v) is 2.43. The Bertz CT molecular complexity index is 150. The van der Waals surface area contributed by atoms with Crippen molar-refractivity contribution in [1.82, 2.24) is 0 Å². The minimum atomic E-state index is -1.17. The zero-order chi connectivity index (χ0) is 12.1. The van der Waals surface area contributed by atoms with Crippen LogP contribution in [0.5, 0.6) is 0 Å². The van der Waals surface area contributed by atoms with Crippen molar-refractivity contribution in [3.63, 3.8) is 0 Å². The third kappa shape index (κ3) is 24.5. The fourth-order valence-electron chi connectivity index (χ4n) is 0.449. The van der Waals surface area contributed by atoms with Crippen molar-refractivity contribution in [1.29, 1.82) is 0 Å². The predicted octanol–water partition coefficient (Wildman–Crippen LogP) is -1.08. The summed E-state index contributed by atoms with van der Waals surface area (Å²) in [5.41, 5.74) is 0. The molecule has 0 unspecified atom stereocenters. The van der Waals surface area contributed by atoms with Gasteiger partial charge in [-0.1, -0.05) is 0 Å². The van der Waals surface area contributed by atoms with Crippen LogP contribution < -0.4 is 0 Å². The molecule has 0 radical (unpaired) electrons. The quantitative estimate of drug-likeness (QED) is 0.405. The SMILES string of the molecule is O=C(O)COCC(=O)O.OCCCCO. The number of carboxylic acid groups (broad SMARTS) is 2. The Morgan fingerprint density at radius 2 is 1.20 bits per heavy atom. The summed E-state index contributed by atoms with van der Waals surface area (Å²) >= 11 is 0. The second kappa shape index (κ2) is 12.8. The van der Waals surface area contributed by atoms with E-state index in [1.54, 1.807) is 0 Å². The van der Waals surface area contributed by atoms with Gasteiger partial charge in [-0.2, -0.15) is 0 Å². The molecule has 7 heteroatoms. The highest BCUT2D eigenvalue weighted by atomic mass is 16.5. The van der Waals surface area contributed by atoms with Gasteiger partial charge in [-0.15, -0.1) is 0 Å². The van der Waals surface area contributed by atoms with Gasteiger partial charge in [-0.05, 0) is 12.8 Å². The highest BCUT2D eigenvalue weighted by Crippen LogP contribution is 1.80. The molecule has 0 rings (SSSR count). The van der Waals surface area contributed by atoms with Gasteiger partial charge in [0.25, 0.3) is 0 Å². The van der Waals surface area contributed by atoms with Crippen LogP contribution >= 0.6 is 0 Å². The Morgan fingerprint density at radius 1 is 0.867 bits per heavy atom. The fourth-order valence-corrected chi connectivity index (χ4v) is 0.449. The normalized spacial score (nSPS) is 8.93. The van der Waals surface area contributed by atoms with E-state index in [0.717, 1.165) is 12.8 Å². The number of carboxylic acids is 2. The van der Waals surface area contributed by atoms with Gasteiger partial charge in [0.2, 0.25) is 0 Å². The van der Waals surface area contributed by atoms with Crippen LogP contribution in [0.4, 0.5) is 0 Å². The summed E-state index contributed by atoms with van der Waals surface area (Å²) in [5, 5.41) is 32.0. The van der Waals surface area contributed by atoms with Crippen LogP contribution in [0.2, 0.25) is 0 Å². The molecule has 15 heavy (non-hydrogen) atoms. The van der Waals surface area contributed by atoms with Gasteiger partial charge in [0.1, 0.15) is 13.2 Å². The van der Waals surface area contributed by atoms with Crippen molar-refractivity contribution < 1.29 is 34.8 Å². The van der Waals surface area contributed by atoms with Gasteiger partial charge in [0.05, 0.1) is 0 Å². The lowest BCUT2D eigenvalue weighted by atomic mass is 10.3. The van der Waals surface area contributed by atoms with Crippen LogP contribution in [-0.2, 0) is 14.3 Å². The van der Waals surface area contributed by atoms with E-state index in [1.165, 1.54) is 0 Å². The molecule has 0 aromatic carbocycles. The van der Waals surface area contributed by atoms with Gasteiger partial charge in [0, 0.05) is 13.2 Å². The highest BCUT2D eigenvalue weighted by molar-refractivity contribution is 5.70. The number of unbranched alkanes of at least 4 members (excludes halogenated alkanes) is 1. The van der Waals surface area contributed by atoms with Crippen LogP contribution in [0.3, 0.4) is 0 Å². The Kier molecular flexibility index (Phi) is 13.9. The number of hydrogen-bond donors (Lipinski definition) is 4. The predicted molar refractivity (Wildman–Crippen MR) is 49.5 cm³/mol. The summed E-state index contributed by atoms with van der Waals surface area (Å²) < 4.78 is 4.16. The van der Waals surface area contributed by atoms with Gasteiger partial charge < -0.3 is 25.2 Å². The van der Waals surface area contributed by atoms with Crippen molar-refractivity contribution in [2.45, 2.75) is 12.8 Å². The molecule has 0 saturated carbocycles. The van der Waals surface area contributed by atoms with E-state index in [-0.39, 0.29) is 13.2 Å². The summed E-state index contributed by atoms with van der Waals surface area (Å²) in [6, 6.07) is 0. The van der Waals surface area contributed by atoms with E-state index in [4.69, 9.17) is 20.4 Å². The molecule has 0 aromatic heterocycles. The summed E-state index contributed by atoms with van der Waals surface area (Å²) in [6.45, 7) is -0.736. The van der Waals surface area contributed by atoms with E-state index in [1.807, 2.05) is 0 Å². The Balaban J connectivity index is 0. The number of hydrogen-bond acceptors (Lipinski definition) is 5. The maximum atomic E-state index is 9.66. The summed E-state index contributed by atoms with van der Waals surface area (Å²) in [5.74, 6) is -2.34. The Labute approximate surface area is 86.9 Å². The molecule has 90 valence electrons. The molecule has 4 N–H and O–H groups in total. The minimum absolute atomic E-state index is 0.195.